The van der Waals surface area contributed by atoms with Crippen molar-refractivity contribution in [2.24, 2.45) is 0 Å². The lowest BCUT2D eigenvalue weighted by Gasteiger charge is -2.03. The van der Waals surface area contributed by atoms with E-state index in [0.29, 0.717) is 12.6 Å². The highest BCUT2D eigenvalue weighted by molar-refractivity contribution is 5.38. The minimum Gasteiger partial charge on any atom is -0.383 e. The van der Waals surface area contributed by atoms with Crippen LogP contribution in [-0.4, -0.2) is 33.3 Å². The Morgan fingerprint density at radius 2 is 2.11 bits per heavy atom. The predicted molar refractivity (Wildman–Crippen MR) is 74.0 cm³/mol. The third kappa shape index (κ3) is 3.82. The molecule has 19 heavy (non-hydrogen) atoms. The summed E-state index contributed by atoms with van der Waals surface area (Å²) in [7, 11) is 1.69. The third-order valence-corrected chi connectivity index (χ3v) is 2.84. The smallest absolute Gasteiger partial charge is 0.0729 e. The summed E-state index contributed by atoms with van der Waals surface area (Å²) in [5, 5.41) is 11.9. The Labute approximate surface area is 113 Å². The highest BCUT2D eigenvalue weighted by Crippen LogP contribution is 2.09. The Bertz CT molecular complexity index is 503. The summed E-state index contributed by atoms with van der Waals surface area (Å²) >= 11 is 0. The summed E-state index contributed by atoms with van der Waals surface area (Å²) in [4.78, 5) is 0. The van der Waals surface area contributed by atoms with Gasteiger partial charge in [0.25, 0.3) is 0 Å². The summed E-state index contributed by atoms with van der Waals surface area (Å²) in [6.45, 7) is 6.42. The van der Waals surface area contributed by atoms with Crippen molar-refractivity contribution >= 4 is 5.69 Å². The molecule has 0 atom stereocenters. The maximum absolute atomic E-state index is 5.02. The molecule has 0 aromatic carbocycles. The van der Waals surface area contributed by atoms with Crippen molar-refractivity contribution < 1.29 is 4.74 Å². The van der Waals surface area contributed by atoms with Crippen LogP contribution in [0.1, 0.15) is 25.5 Å². The molecule has 6 nitrogen and oxygen atoms in total. The van der Waals surface area contributed by atoms with Crippen molar-refractivity contribution in [3.63, 3.8) is 0 Å². The molecule has 0 amide bonds. The molecule has 0 bridgehead atoms. The molecular formula is C13H21N5O. The number of hydrogen-bond donors (Lipinski definition) is 1. The van der Waals surface area contributed by atoms with E-state index in [4.69, 9.17) is 4.74 Å². The van der Waals surface area contributed by atoms with Gasteiger partial charge in [-0.2, -0.15) is 10.2 Å². The van der Waals surface area contributed by atoms with Crippen LogP contribution in [0.3, 0.4) is 0 Å². The van der Waals surface area contributed by atoms with Crippen molar-refractivity contribution in [2.75, 3.05) is 19.0 Å². The van der Waals surface area contributed by atoms with E-state index in [0.717, 1.165) is 18.8 Å². The normalized spacial score (nSPS) is 11.2. The molecule has 6 heteroatoms. The van der Waals surface area contributed by atoms with E-state index in [2.05, 4.69) is 35.6 Å². The lowest BCUT2D eigenvalue weighted by molar-refractivity contribution is 0.183. The molecule has 0 aliphatic heterocycles. The van der Waals surface area contributed by atoms with E-state index in [1.165, 1.54) is 5.56 Å². The van der Waals surface area contributed by atoms with E-state index in [-0.39, 0.29) is 0 Å². The van der Waals surface area contributed by atoms with Crippen LogP contribution in [0.25, 0.3) is 0 Å². The maximum Gasteiger partial charge on any atom is 0.0729 e. The first-order valence-electron chi connectivity index (χ1n) is 6.47. The van der Waals surface area contributed by atoms with Gasteiger partial charge in [0.05, 0.1) is 31.2 Å². The van der Waals surface area contributed by atoms with Gasteiger partial charge in [0.2, 0.25) is 0 Å². The first kappa shape index (κ1) is 13.6. The largest absolute Gasteiger partial charge is 0.383 e. The number of nitrogens with zero attached hydrogens (tertiary/aromatic N) is 4. The molecule has 2 aromatic rings. The molecule has 104 valence electrons. The van der Waals surface area contributed by atoms with E-state index in [1.54, 1.807) is 7.11 Å². The van der Waals surface area contributed by atoms with Crippen LogP contribution in [0.5, 0.6) is 0 Å². The monoisotopic (exact) mass is 263 g/mol. The number of methoxy groups -OCH3 is 1. The number of anilines is 1. The van der Waals surface area contributed by atoms with Crippen molar-refractivity contribution in [1.82, 2.24) is 19.6 Å². The highest BCUT2D eigenvalue weighted by atomic mass is 16.5. The molecule has 0 radical (unpaired) electrons. The topological polar surface area (TPSA) is 56.9 Å². The molecule has 0 aliphatic carbocycles. The average Bonchev–Trinajstić information content (AvgIpc) is 3.03. The molecule has 1 N–H and O–H groups in total. The lowest BCUT2D eigenvalue weighted by Crippen LogP contribution is -2.04. The average molecular weight is 263 g/mol. The zero-order chi connectivity index (χ0) is 13.7. The molecule has 2 heterocycles. The highest BCUT2D eigenvalue weighted by Gasteiger charge is 2.02. The second-order valence-electron chi connectivity index (χ2n) is 4.76. The Morgan fingerprint density at radius 3 is 2.79 bits per heavy atom. The minimum atomic E-state index is 0.394. The van der Waals surface area contributed by atoms with E-state index >= 15 is 0 Å². The molecule has 2 rings (SSSR count). The van der Waals surface area contributed by atoms with Crippen molar-refractivity contribution in [3.8, 4) is 0 Å². The van der Waals surface area contributed by atoms with Crippen LogP contribution in [0, 0.1) is 0 Å². The summed E-state index contributed by atoms with van der Waals surface area (Å²) in [5.41, 5.74) is 2.17. The Kier molecular flexibility index (Phi) is 4.57. The Hall–Kier alpha value is -1.82. The van der Waals surface area contributed by atoms with Gasteiger partial charge in [0.1, 0.15) is 0 Å². The van der Waals surface area contributed by atoms with Crippen molar-refractivity contribution in [1.29, 1.82) is 0 Å². The van der Waals surface area contributed by atoms with Crippen LogP contribution in [0.15, 0.2) is 24.8 Å². The Morgan fingerprint density at radius 1 is 1.26 bits per heavy atom. The van der Waals surface area contributed by atoms with Gasteiger partial charge in [-0.3, -0.25) is 9.36 Å². The fourth-order valence-electron chi connectivity index (χ4n) is 1.72. The standard InChI is InChI=1S/C13H21N5O/c1-11(2)18-9-12(7-16-18)6-14-13-8-15-17(10-13)4-5-19-3/h7-11,14H,4-6H2,1-3H3. The fourth-order valence-corrected chi connectivity index (χ4v) is 1.72. The molecule has 0 fully saturated rings. The minimum absolute atomic E-state index is 0.394. The van der Waals surface area contributed by atoms with Gasteiger partial charge < -0.3 is 10.1 Å². The lowest BCUT2D eigenvalue weighted by atomic mass is 10.3. The molecule has 0 aliphatic rings. The van der Waals surface area contributed by atoms with Gasteiger partial charge in [-0.1, -0.05) is 0 Å². The van der Waals surface area contributed by atoms with E-state index in [9.17, 15) is 0 Å². The molecule has 2 aromatic heterocycles. The number of aromatic nitrogens is 4. The number of hydrogen-bond acceptors (Lipinski definition) is 4. The second-order valence-corrected chi connectivity index (χ2v) is 4.76. The van der Waals surface area contributed by atoms with Gasteiger partial charge in [-0.15, -0.1) is 0 Å². The van der Waals surface area contributed by atoms with Gasteiger partial charge in [-0.25, -0.2) is 0 Å². The zero-order valence-corrected chi connectivity index (χ0v) is 11.7. The van der Waals surface area contributed by atoms with Crippen molar-refractivity contribution in [3.05, 3.63) is 30.4 Å². The van der Waals surface area contributed by atoms with Gasteiger partial charge >= 0.3 is 0 Å². The van der Waals surface area contributed by atoms with Crippen LogP contribution >= 0.6 is 0 Å². The molecule has 0 saturated heterocycles. The molecule has 0 unspecified atom stereocenters. The van der Waals surface area contributed by atoms with Crippen LogP contribution in [0.2, 0.25) is 0 Å². The SMILES string of the molecule is COCCn1cc(NCc2cnn(C(C)C)c2)cn1. The second kappa shape index (κ2) is 6.38. The number of nitrogens with one attached hydrogen (secondary N) is 1. The molecular weight excluding hydrogens is 242 g/mol. The number of rotatable bonds is 7. The van der Waals surface area contributed by atoms with Gasteiger partial charge in [-0.05, 0) is 13.8 Å². The summed E-state index contributed by atoms with van der Waals surface area (Å²) in [5.74, 6) is 0. The quantitative estimate of drug-likeness (QED) is 0.829. The Balaban J connectivity index is 1.85. The van der Waals surface area contributed by atoms with Crippen molar-refractivity contribution in [2.45, 2.75) is 33.0 Å². The summed E-state index contributed by atoms with van der Waals surface area (Å²) < 4.78 is 8.84. The van der Waals surface area contributed by atoms with E-state index in [1.807, 2.05) is 28.0 Å². The third-order valence-electron chi connectivity index (χ3n) is 2.84. The first-order valence-corrected chi connectivity index (χ1v) is 6.47. The molecule has 0 spiro atoms. The summed E-state index contributed by atoms with van der Waals surface area (Å²) in [6.07, 6.45) is 7.75. The van der Waals surface area contributed by atoms with Gasteiger partial charge in [0, 0.05) is 37.7 Å². The van der Waals surface area contributed by atoms with Crippen LogP contribution < -0.4 is 5.32 Å². The number of ether oxygens (including phenoxy) is 1. The predicted octanol–water partition coefficient (Wildman–Crippen LogP) is 1.92. The van der Waals surface area contributed by atoms with Gasteiger partial charge in [0.15, 0.2) is 0 Å². The first-order chi connectivity index (χ1) is 9.19. The molecule has 0 saturated carbocycles. The fraction of sp³-hybridized carbons (Fsp3) is 0.538. The maximum atomic E-state index is 5.02. The van der Waals surface area contributed by atoms with Crippen LogP contribution in [0.4, 0.5) is 5.69 Å². The summed E-state index contributed by atoms with van der Waals surface area (Å²) in [6, 6.07) is 0.394. The van der Waals surface area contributed by atoms with E-state index < -0.39 is 0 Å². The van der Waals surface area contributed by atoms with Crippen LogP contribution in [-0.2, 0) is 17.8 Å². The zero-order valence-electron chi connectivity index (χ0n) is 11.7.